The molecule has 0 aromatic rings. The minimum atomic E-state index is -0.365. The summed E-state index contributed by atoms with van der Waals surface area (Å²) in [5, 5.41) is 6.94. The third-order valence-electron chi connectivity index (χ3n) is 1.21. The first-order valence-electron chi connectivity index (χ1n) is 2.98. The molecule has 0 spiro atoms. The van der Waals surface area contributed by atoms with Gasteiger partial charge in [-0.15, -0.1) is 0 Å². The van der Waals surface area contributed by atoms with Gasteiger partial charge in [0.2, 0.25) is 0 Å². The van der Waals surface area contributed by atoms with E-state index in [9.17, 15) is 0 Å². The number of nitrogens with one attached hydrogen (secondary N) is 1. The summed E-state index contributed by atoms with van der Waals surface area (Å²) in [6.07, 6.45) is 3.15. The SMILES string of the molecule is C/C=C(/C=N)C(C)(C)N. The van der Waals surface area contributed by atoms with Crippen LogP contribution in [0.2, 0.25) is 0 Å². The van der Waals surface area contributed by atoms with Gasteiger partial charge in [0.1, 0.15) is 0 Å². The second-order valence-corrected chi connectivity index (χ2v) is 2.61. The van der Waals surface area contributed by atoms with Gasteiger partial charge in [0.05, 0.1) is 0 Å². The Kier molecular flexibility index (Phi) is 2.59. The van der Waals surface area contributed by atoms with E-state index >= 15 is 0 Å². The van der Waals surface area contributed by atoms with Crippen LogP contribution in [-0.2, 0) is 0 Å². The van der Waals surface area contributed by atoms with Gasteiger partial charge in [-0.1, -0.05) is 6.08 Å². The predicted molar refractivity (Wildman–Crippen MR) is 40.8 cm³/mol. The maximum absolute atomic E-state index is 6.94. The Bertz CT molecular complexity index is 128. The summed E-state index contributed by atoms with van der Waals surface area (Å²) in [5.74, 6) is 0. The summed E-state index contributed by atoms with van der Waals surface area (Å²) in [5.41, 5.74) is 6.18. The zero-order chi connectivity index (χ0) is 7.49. The van der Waals surface area contributed by atoms with Crippen molar-refractivity contribution < 1.29 is 0 Å². The Balaban J connectivity index is 4.32. The minimum absolute atomic E-state index is 0.365. The molecule has 0 saturated heterocycles. The molecule has 0 aliphatic carbocycles. The maximum atomic E-state index is 6.94. The fourth-order valence-corrected chi connectivity index (χ4v) is 0.641. The van der Waals surface area contributed by atoms with Crippen LogP contribution in [-0.4, -0.2) is 11.8 Å². The molecule has 0 amide bonds. The standard InChI is InChI=1S/C7H14N2/c1-4-6(5-8)7(2,3)9/h4-5,8H,9H2,1-3H3/b6-4-,8-5?. The molecule has 0 bridgehead atoms. The van der Waals surface area contributed by atoms with E-state index in [1.54, 1.807) is 0 Å². The lowest BCUT2D eigenvalue weighted by Gasteiger charge is -2.18. The van der Waals surface area contributed by atoms with Gasteiger partial charge >= 0.3 is 0 Å². The lowest BCUT2D eigenvalue weighted by Crippen LogP contribution is -2.34. The molecule has 0 heterocycles. The molecular formula is C7H14N2. The van der Waals surface area contributed by atoms with Crippen LogP contribution in [0.25, 0.3) is 0 Å². The maximum Gasteiger partial charge on any atom is 0.0364 e. The van der Waals surface area contributed by atoms with Gasteiger partial charge in [0, 0.05) is 11.8 Å². The van der Waals surface area contributed by atoms with Crippen molar-refractivity contribution in [2.75, 3.05) is 0 Å². The highest BCUT2D eigenvalue weighted by Gasteiger charge is 2.13. The molecule has 52 valence electrons. The van der Waals surface area contributed by atoms with Gasteiger partial charge < -0.3 is 11.1 Å². The van der Waals surface area contributed by atoms with Crippen LogP contribution in [0, 0.1) is 5.41 Å². The van der Waals surface area contributed by atoms with Gasteiger partial charge in [-0.3, -0.25) is 0 Å². The number of rotatable bonds is 2. The molecule has 0 aromatic carbocycles. The van der Waals surface area contributed by atoms with Gasteiger partial charge in [0.15, 0.2) is 0 Å². The van der Waals surface area contributed by atoms with E-state index < -0.39 is 0 Å². The molecular weight excluding hydrogens is 112 g/mol. The predicted octanol–water partition coefficient (Wildman–Crippen LogP) is 1.32. The lowest BCUT2D eigenvalue weighted by atomic mass is 9.96. The molecule has 9 heavy (non-hydrogen) atoms. The average molecular weight is 126 g/mol. The fourth-order valence-electron chi connectivity index (χ4n) is 0.641. The van der Waals surface area contributed by atoms with Gasteiger partial charge in [-0.2, -0.15) is 0 Å². The second-order valence-electron chi connectivity index (χ2n) is 2.61. The molecule has 0 rings (SSSR count). The Morgan fingerprint density at radius 2 is 2.00 bits per heavy atom. The summed E-state index contributed by atoms with van der Waals surface area (Å²) < 4.78 is 0. The Morgan fingerprint density at radius 1 is 1.56 bits per heavy atom. The molecule has 2 heteroatoms. The summed E-state index contributed by atoms with van der Waals surface area (Å²) in [6, 6.07) is 0. The van der Waals surface area contributed by atoms with E-state index in [1.807, 2.05) is 26.8 Å². The van der Waals surface area contributed by atoms with Crippen LogP contribution in [0.3, 0.4) is 0 Å². The zero-order valence-corrected chi connectivity index (χ0v) is 6.23. The normalized spacial score (nSPS) is 13.6. The van der Waals surface area contributed by atoms with Crippen LogP contribution >= 0.6 is 0 Å². The first-order valence-corrected chi connectivity index (χ1v) is 2.98. The van der Waals surface area contributed by atoms with Crippen molar-refractivity contribution in [2.24, 2.45) is 5.73 Å². The summed E-state index contributed by atoms with van der Waals surface area (Å²) in [6.45, 7) is 5.65. The lowest BCUT2D eigenvalue weighted by molar-refractivity contribution is 0.635. The van der Waals surface area contributed by atoms with Crippen LogP contribution in [0.15, 0.2) is 11.6 Å². The van der Waals surface area contributed by atoms with Crippen molar-refractivity contribution in [3.63, 3.8) is 0 Å². The van der Waals surface area contributed by atoms with Crippen molar-refractivity contribution in [1.29, 1.82) is 5.41 Å². The highest BCUT2D eigenvalue weighted by Crippen LogP contribution is 2.08. The van der Waals surface area contributed by atoms with Crippen molar-refractivity contribution in [1.82, 2.24) is 0 Å². The first-order chi connectivity index (χ1) is 4.02. The van der Waals surface area contributed by atoms with Crippen LogP contribution in [0.5, 0.6) is 0 Å². The Morgan fingerprint density at radius 3 is 2.00 bits per heavy atom. The smallest absolute Gasteiger partial charge is 0.0364 e. The zero-order valence-electron chi connectivity index (χ0n) is 6.23. The average Bonchev–Trinajstić information content (AvgIpc) is 1.65. The van der Waals surface area contributed by atoms with E-state index in [1.165, 1.54) is 6.21 Å². The highest BCUT2D eigenvalue weighted by molar-refractivity contribution is 5.78. The quantitative estimate of drug-likeness (QED) is 0.539. The molecule has 0 aliphatic heterocycles. The third kappa shape index (κ3) is 2.42. The number of hydrogen-bond donors (Lipinski definition) is 2. The summed E-state index contributed by atoms with van der Waals surface area (Å²) in [7, 11) is 0. The van der Waals surface area contributed by atoms with Crippen molar-refractivity contribution in [3.8, 4) is 0 Å². The van der Waals surface area contributed by atoms with Gasteiger partial charge in [-0.25, -0.2) is 0 Å². The number of allylic oxidation sites excluding steroid dienone is 1. The molecule has 0 radical (unpaired) electrons. The molecule has 0 aliphatic rings. The first kappa shape index (κ1) is 8.37. The topological polar surface area (TPSA) is 49.9 Å². The molecule has 0 fully saturated rings. The highest BCUT2D eigenvalue weighted by atomic mass is 14.7. The van der Waals surface area contributed by atoms with E-state index in [0.717, 1.165) is 5.57 Å². The van der Waals surface area contributed by atoms with Crippen molar-refractivity contribution in [3.05, 3.63) is 11.6 Å². The minimum Gasteiger partial charge on any atom is -0.322 e. The van der Waals surface area contributed by atoms with E-state index in [0.29, 0.717) is 0 Å². The Labute approximate surface area is 56.3 Å². The summed E-state index contributed by atoms with van der Waals surface area (Å²) in [4.78, 5) is 0. The van der Waals surface area contributed by atoms with E-state index in [4.69, 9.17) is 11.1 Å². The third-order valence-corrected chi connectivity index (χ3v) is 1.21. The van der Waals surface area contributed by atoms with Crippen LogP contribution < -0.4 is 5.73 Å². The van der Waals surface area contributed by atoms with Crippen molar-refractivity contribution >= 4 is 6.21 Å². The largest absolute Gasteiger partial charge is 0.322 e. The fraction of sp³-hybridized carbons (Fsp3) is 0.571. The van der Waals surface area contributed by atoms with E-state index in [2.05, 4.69) is 0 Å². The number of hydrogen-bond acceptors (Lipinski definition) is 2. The Hall–Kier alpha value is -0.630. The summed E-state index contributed by atoms with van der Waals surface area (Å²) >= 11 is 0. The molecule has 0 unspecified atom stereocenters. The molecule has 2 nitrogen and oxygen atoms in total. The molecule has 0 aromatic heterocycles. The van der Waals surface area contributed by atoms with Gasteiger partial charge in [-0.05, 0) is 26.3 Å². The molecule has 0 atom stereocenters. The van der Waals surface area contributed by atoms with E-state index in [-0.39, 0.29) is 5.54 Å². The second kappa shape index (κ2) is 2.78. The van der Waals surface area contributed by atoms with Crippen molar-refractivity contribution in [2.45, 2.75) is 26.3 Å². The monoisotopic (exact) mass is 126 g/mol. The molecule has 0 saturated carbocycles. The van der Waals surface area contributed by atoms with Gasteiger partial charge in [0.25, 0.3) is 0 Å². The van der Waals surface area contributed by atoms with Crippen LogP contribution in [0.4, 0.5) is 0 Å². The molecule has 3 N–H and O–H groups in total. The van der Waals surface area contributed by atoms with Crippen LogP contribution in [0.1, 0.15) is 20.8 Å². The number of nitrogens with two attached hydrogens (primary N) is 1.